The number of carbonyl (C=O) groups excluding carboxylic acids is 3. The molecule has 0 aliphatic carbocycles. The van der Waals surface area contributed by atoms with Crippen LogP contribution in [-0.4, -0.2) is 82.3 Å². The van der Waals surface area contributed by atoms with Gasteiger partial charge in [-0.1, -0.05) is 240 Å². The van der Waals surface area contributed by atoms with Gasteiger partial charge in [-0.25, -0.2) is 0 Å². The molecule has 9 nitrogen and oxygen atoms in total. The molecule has 0 heterocycles. The molecule has 0 rings (SSSR count). The van der Waals surface area contributed by atoms with Crippen LogP contribution in [0.4, 0.5) is 0 Å². The zero-order valence-corrected chi connectivity index (χ0v) is 49.1. The Morgan fingerprint density at radius 3 is 1.13 bits per heavy atom. The minimum absolute atomic E-state index is 0.143. The van der Waals surface area contributed by atoms with Gasteiger partial charge in [0.25, 0.3) is 0 Å². The molecule has 2 unspecified atom stereocenters. The first-order valence-electron chi connectivity index (χ1n) is 30.7. The summed E-state index contributed by atoms with van der Waals surface area (Å²) in [6.45, 7) is 4.63. The van der Waals surface area contributed by atoms with Crippen LogP contribution in [0.2, 0.25) is 0 Å². The van der Waals surface area contributed by atoms with Crippen molar-refractivity contribution in [3.63, 3.8) is 0 Å². The molecule has 0 aliphatic heterocycles. The predicted octanol–water partition coefficient (Wildman–Crippen LogP) is 17.0. The Kier molecular flexibility index (Phi) is 54.0. The molecular weight excluding hydrogens is 935 g/mol. The number of esters is 2. The van der Waals surface area contributed by atoms with Crippen LogP contribution in [0.1, 0.15) is 258 Å². The summed E-state index contributed by atoms with van der Waals surface area (Å²) in [5.41, 5.74) is 0. The maximum absolute atomic E-state index is 12.9. The number of aliphatic carboxylic acids is 1. The summed E-state index contributed by atoms with van der Waals surface area (Å²) in [5.74, 6) is -2.29. The minimum Gasteiger partial charge on any atom is -0.545 e. The van der Waals surface area contributed by atoms with Crippen molar-refractivity contribution in [1.29, 1.82) is 0 Å². The van der Waals surface area contributed by atoms with Crippen LogP contribution >= 0.6 is 0 Å². The zero-order valence-electron chi connectivity index (χ0n) is 49.1. The summed E-state index contributed by atoms with van der Waals surface area (Å²) >= 11 is 0. The van der Waals surface area contributed by atoms with Crippen molar-refractivity contribution in [3.8, 4) is 0 Å². The number of likely N-dealkylation sites (N-methyl/N-ethyl adjacent to an activating group) is 1. The quantitative estimate of drug-likeness (QED) is 0.0195. The van der Waals surface area contributed by atoms with E-state index in [2.05, 4.69) is 98.9 Å². The van der Waals surface area contributed by atoms with Gasteiger partial charge >= 0.3 is 11.9 Å². The first kappa shape index (κ1) is 71.5. The van der Waals surface area contributed by atoms with Gasteiger partial charge in [0.05, 0.1) is 40.3 Å². The number of carboxylic acids is 1. The fraction of sp³-hybridized carbons (Fsp3) is 0.742. The van der Waals surface area contributed by atoms with Gasteiger partial charge in [0.15, 0.2) is 12.4 Å². The molecule has 0 radical (unpaired) electrons. The molecule has 0 aromatic carbocycles. The van der Waals surface area contributed by atoms with E-state index < -0.39 is 24.3 Å². The van der Waals surface area contributed by atoms with Crippen molar-refractivity contribution >= 4 is 17.9 Å². The van der Waals surface area contributed by atoms with E-state index in [9.17, 15) is 19.5 Å². The lowest BCUT2D eigenvalue weighted by atomic mass is 10.0. The third kappa shape index (κ3) is 58.0. The second-order valence-electron chi connectivity index (χ2n) is 21.6. The molecule has 432 valence electrons. The van der Waals surface area contributed by atoms with E-state index in [1.54, 1.807) is 0 Å². The highest BCUT2D eigenvalue weighted by Gasteiger charge is 2.22. The van der Waals surface area contributed by atoms with Crippen molar-refractivity contribution in [2.24, 2.45) is 0 Å². The predicted molar refractivity (Wildman–Crippen MR) is 315 cm³/mol. The number of rotatable bonds is 56. The average Bonchev–Trinajstić information content (AvgIpc) is 3.38. The number of hydrogen-bond acceptors (Lipinski definition) is 8. The van der Waals surface area contributed by atoms with Crippen LogP contribution < -0.4 is 5.11 Å². The number of carbonyl (C=O) groups is 3. The molecule has 0 aromatic rings. The number of hydrogen-bond donors (Lipinski definition) is 0. The Bertz CT molecular complexity index is 1500. The smallest absolute Gasteiger partial charge is 0.306 e. The van der Waals surface area contributed by atoms with Gasteiger partial charge in [-0.05, 0) is 89.9 Å². The highest BCUT2D eigenvalue weighted by Crippen LogP contribution is 2.16. The van der Waals surface area contributed by atoms with Gasteiger partial charge in [-0.3, -0.25) is 9.59 Å². The average molecular weight is 1050 g/mol. The maximum Gasteiger partial charge on any atom is 0.306 e. The number of carboxylic acid groups (broad SMARTS) is 1. The summed E-state index contributed by atoms with van der Waals surface area (Å²) in [4.78, 5) is 37.4. The second kappa shape index (κ2) is 56.7. The minimum atomic E-state index is -1.63. The Balaban J connectivity index is 4.23. The molecule has 2 atom stereocenters. The summed E-state index contributed by atoms with van der Waals surface area (Å²) in [6.07, 6.45) is 72.0. The first-order chi connectivity index (χ1) is 36.6. The van der Waals surface area contributed by atoms with Crippen LogP contribution in [-0.2, 0) is 33.3 Å². The normalized spacial score (nSPS) is 13.3. The lowest BCUT2D eigenvalue weighted by Crippen LogP contribution is -2.44. The summed E-state index contributed by atoms with van der Waals surface area (Å²) in [6, 6.07) is 0. The lowest BCUT2D eigenvalue weighted by Gasteiger charge is -2.26. The third-order valence-electron chi connectivity index (χ3n) is 13.1. The summed E-state index contributed by atoms with van der Waals surface area (Å²) < 4.78 is 22.7. The van der Waals surface area contributed by atoms with Gasteiger partial charge in [-0.2, -0.15) is 0 Å². The Labute approximate surface area is 461 Å². The van der Waals surface area contributed by atoms with Gasteiger partial charge in [0, 0.05) is 12.8 Å². The van der Waals surface area contributed by atoms with E-state index in [1.807, 2.05) is 21.1 Å². The lowest BCUT2D eigenvalue weighted by molar-refractivity contribution is -0.870. The van der Waals surface area contributed by atoms with Crippen LogP contribution in [0.15, 0.2) is 85.1 Å². The molecule has 9 heteroatoms. The van der Waals surface area contributed by atoms with Gasteiger partial charge in [0.2, 0.25) is 0 Å². The molecule has 0 N–H and O–H groups in total. The highest BCUT2D eigenvalue weighted by molar-refractivity contribution is 5.70. The van der Waals surface area contributed by atoms with E-state index in [0.29, 0.717) is 17.4 Å². The standard InChI is InChI=1S/C66H115NO8/c1-6-8-10-12-14-16-18-20-22-24-26-28-30-32-34-36-38-40-42-44-46-48-50-52-54-56-63(68)73-60-62(61-74-66(65(70)71)72-59-58-67(3,4)5)75-64(69)57-55-53-51-49-47-45-43-41-39-37-35-33-31-29-27-25-23-21-19-17-15-13-11-9-7-2/h9,11,15,17-18,20-21,23-24,26-27,29-30,32,62,66H,6-8,10,12-14,16,19,22,25,28,31,33-61H2,1-5H3/b11-9-,17-15-,20-18-,23-21-,26-24-,29-27-,32-30-. The van der Waals surface area contributed by atoms with E-state index in [4.69, 9.17) is 18.9 Å². The number of unbranched alkanes of at least 4 members (excludes halogenated alkanes) is 27. The maximum atomic E-state index is 12.9. The molecule has 0 fully saturated rings. The molecule has 0 saturated heterocycles. The largest absolute Gasteiger partial charge is 0.545 e. The number of ether oxygens (including phenoxy) is 4. The van der Waals surface area contributed by atoms with Crippen molar-refractivity contribution in [2.75, 3.05) is 47.5 Å². The Morgan fingerprint density at radius 1 is 0.413 bits per heavy atom. The summed E-state index contributed by atoms with van der Waals surface area (Å²) in [7, 11) is 5.92. The van der Waals surface area contributed by atoms with E-state index in [0.717, 1.165) is 77.0 Å². The first-order valence-corrected chi connectivity index (χ1v) is 30.7. The number of allylic oxidation sites excluding steroid dienone is 14. The number of quaternary nitrogens is 1. The fourth-order valence-electron chi connectivity index (χ4n) is 8.42. The topological polar surface area (TPSA) is 111 Å². The molecular formula is C66H115NO8. The van der Waals surface area contributed by atoms with Crippen LogP contribution in [0, 0.1) is 0 Å². The van der Waals surface area contributed by atoms with Gasteiger partial charge < -0.3 is 33.3 Å². The molecule has 0 bridgehead atoms. The van der Waals surface area contributed by atoms with Crippen molar-refractivity contribution in [2.45, 2.75) is 270 Å². The molecule has 0 aliphatic rings. The molecule has 0 aromatic heterocycles. The molecule has 0 amide bonds. The van der Waals surface area contributed by atoms with Crippen molar-refractivity contribution < 1.29 is 42.9 Å². The third-order valence-corrected chi connectivity index (χ3v) is 13.1. The van der Waals surface area contributed by atoms with E-state index in [1.165, 1.54) is 148 Å². The summed E-state index contributed by atoms with van der Waals surface area (Å²) in [5, 5.41) is 11.8. The SMILES string of the molecule is CC/C=C\C/C=C\C/C=C\C/C=C\CCCCCCCCCCCCCCC(=O)OC(COC(=O)CCCCCCCCCCCC/C=C\C/C=C\C/C=C\CCCCCCC)COC(OCC[N+](C)(C)C)C(=O)[O-]. The van der Waals surface area contributed by atoms with Crippen molar-refractivity contribution in [1.82, 2.24) is 0 Å². The Hall–Kier alpha value is -3.53. The van der Waals surface area contributed by atoms with Crippen molar-refractivity contribution in [3.05, 3.63) is 85.1 Å². The molecule has 75 heavy (non-hydrogen) atoms. The fourth-order valence-corrected chi connectivity index (χ4v) is 8.42. The zero-order chi connectivity index (χ0) is 54.8. The highest BCUT2D eigenvalue weighted by atomic mass is 16.7. The van der Waals surface area contributed by atoms with Gasteiger partial charge in [0.1, 0.15) is 13.2 Å². The molecule has 0 spiro atoms. The van der Waals surface area contributed by atoms with E-state index in [-0.39, 0.29) is 38.6 Å². The van der Waals surface area contributed by atoms with Crippen LogP contribution in [0.3, 0.4) is 0 Å². The van der Waals surface area contributed by atoms with E-state index >= 15 is 0 Å². The second-order valence-corrected chi connectivity index (χ2v) is 21.6. The van der Waals surface area contributed by atoms with Gasteiger partial charge in [-0.15, -0.1) is 0 Å². The molecule has 0 saturated carbocycles. The van der Waals surface area contributed by atoms with Crippen LogP contribution in [0.25, 0.3) is 0 Å². The number of nitrogens with zero attached hydrogens (tertiary/aromatic N) is 1. The monoisotopic (exact) mass is 1050 g/mol. The van der Waals surface area contributed by atoms with Crippen LogP contribution in [0.5, 0.6) is 0 Å². The Morgan fingerprint density at radius 2 is 0.760 bits per heavy atom.